The predicted octanol–water partition coefficient (Wildman–Crippen LogP) is 13.9. The van der Waals surface area contributed by atoms with Crippen molar-refractivity contribution in [1.82, 2.24) is 0 Å². The fourth-order valence-corrected chi connectivity index (χ4v) is 6.84. The van der Waals surface area contributed by atoms with Crippen LogP contribution in [0.25, 0.3) is 0 Å². The molecule has 2 unspecified atom stereocenters. The van der Waals surface area contributed by atoms with Crippen LogP contribution in [0.3, 0.4) is 0 Å². The standard InChI is InChI=1S/C53H91NO7/c1-6-8-10-12-14-16-18-20-22-24-25-26-27-28-30-32-34-36-38-40-42-44-52(56)61-49(47-59-46-45-50(53(57)58)54(3,4)5)48-60-51(55)43-41-39-37-35-33-31-29-23-21-19-17-15-13-11-9-7-2/h9,11,15,17,21,23,26-27,31,33,37,39,49-50H,6-8,10,12-14,16,18-20,22,24-25,28-30,32,34-36,38,40-48H2,1-5H3/p+1/b11-9+,17-15+,23-21+,27-26+,33-31+,39-37+. The molecule has 1 N–H and O–H groups in total. The Hall–Kier alpha value is -3.23. The number of esters is 2. The Labute approximate surface area is 374 Å². The second-order valence-corrected chi connectivity index (χ2v) is 17.3. The minimum absolute atomic E-state index is 0.0335. The first-order valence-corrected chi connectivity index (χ1v) is 24.5. The van der Waals surface area contributed by atoms with Gasteiger partial charge in [-0.25, -0.2) is 4.79 Å². The molecule has 0 aliphatic heterocycles. The van der Waals surface area contributed by atoms with Crippen LogP contribution >= 0.6 is 0 Å². The summed E-state index contributed by atoms with van der Waals surface area (Å²) in [4.78, 5) is 37.0. The Kier molecular flexibility index (Phi) is 41.1. The number of ether oxygens (including phenoxy) is 3. The number of nitrogens with zero attached hydrogens (tertiary/aromatic N) is 1. The van der Waals surface area contributed by atoms with Gasteiger partial charge in [-0.2, -0.15) is 0 Å². The quantitative estimate of drug-likeness (QED) is 0.0282. The lowest BCUT2D eigenvalue weighted by Crippen LogP contribution is -2.50. The van der Waals surface area contributed by atoms with Crippen molar-refractivity contribution < 1.29 is 38.2 Å². The molecule has 0 aromatic rings. The van der Waals surface area contributed by atoms with Gasteiger partial charge in [0, 0.05) is 19.3 Å². The topological polar surface area (TPSA) is 99.1 Å². The third-order valence-electron chi connectivity index (χ3n) is 10.6. The van der Waals surface area contributed by atoms with E-state index in [9.17, 15) is 19.5 Å². The minimum atomic E-state index is -0.886. The number of carboxylic acid groups (broad SMARTS) is 1. The summed E-state index contributed by atoms with van der Waals surface area (Å²) in [5.74, 6) is -1.58. The third kappa shape index (κ3) is 41.9. The van der Waals surface area contributed by atoms with Crippen molar-refractivity contribution in [2.75, 3.05) is 41.0 Å². The first-order chi connectivity index (χ1) is 29.6. The molecule has 2 atom stereocenters. The molecular formula is C53H92NO7+. The zero-order valence-corrected chi connectivity index (χ0v) is 39.8. The third-order valence-corrected chi connectivity index (χ3v) is 10.6. The van der Waals surface area contributed by atoms with Gasteiger partial charge in [-0.15, -0.1) is 0 Å². The van der Waals surface area contributed by atoms with Crippen LogP contribution in [0.1, 0.15) is 194 Å². The number of hydrogen-bond donors (Lipinski definition) is 1. The fraction of sp³-hybridized carbons (Fsp3) is 0.717. The molecule has 0 saturated carbocycles. The van der Waals surface area contributed by atoms with Crippen molar-refractivity contribution in [3.63, 3.8) is 0 Å². The van der Waals surface area contributed by atoms with Gasteiger partial charge in [0.15, 0.2) is 12.1 Å². The molecule has 0 aliphatic carbocycles. The summed E-state index contributed by atoms with van der Waals surface area (Å²) in [6.07, 6.45) is 55.4. The van der Waals surface area contributed by atoms with Crippen molar-refractivity contribution in [2.24, 2.45) is 0 Å². The molecule has 0 radical (unpaired) electrons. The number of allylic oxidation sites excluding steroid dienone is 12. The van der Waals surface area contributed by atoms with Crippen molar-refractivity contribution in [2.45, 2.75) is 206 Å². The highest BCUT2D eigenvalue weighted by Gasteiger charge is 2.31. The van der Waals surface area contributed by atoms with E-state index in [-0.39, 0.29) is 42.7 Å². The Morgan fingerprint density at radius 1 is 0.508 bits per heavy atom. The molecule has 350 valence electrons. The van der Waals surface area contributed by atoms with Crippen molar-refractivity contribution in [1.29, 1.82) is 0 Å². The summed E-state index contributed by atoms with van der Waals surface area (Å²) < 4.78 is 17.2. The van der Waals surface area contributed by atoms with E-state index in [1.807, 2.05) is 33.3 Å². The minimum Gasteiger partial charge on any atom is -0.477 e. The highest BCUT2D eigenvalue weighted by Crippen LogP contribution is 2.14. The molecule has 0 saturated heterocycles. The molecule has 8 heteroatoms. The smallest absolute Gasteiger partial charge is 0.362 e. The van der Waals surface area contributed by atoms with Crippen LogP contribution in [0.2, 0.25) is 0 Å². The summed E-state index contributed by atoms with van der Waals surface area (Å²) in [7, 11) is 5.50. The van der Waals surface area contributed by atoms with Crippen molar-refractivity contribution in [3.8, 4) is 0 Å². The van der Waals surface area contributed by atoms with E-state index in [0.717, 1.165) is 51.4 Å². The second kappa shape index (κ2) is 43.4. The number of unbranched alkanes of at least 4 members (excludes halogenated alkanes) is 17. The molecule has 0 amide bonds. The van der Waals surface area contributed by atoms with Gasteiger partial charge < -0.3 is 23.8 Å². The molecular weight excluding hydrogens is 763 g/mol. The van der Waals surface area contributed by atoms with Gasteiger partial charge >= 0.3 is 17.9 Å². The summed E-state index contributed by atoms with van der Waals surface area (Å²) >= 11 is 0. The Morgan fingerprint density at radius 3 is 1.43 bits per heavy atom. The number of aliphatic carboxylic acids is 1. The number of rotatable bonds is 43. The largest absolute Gasteiger partial charge is 0.477 e. The van der Waals surface area contributed by atoms with E-state index in [4.69, 9.17) is 14.2 Å². The van der Waals surface area contributed by atoms with Crippen LogP contribution in [0.15, 0.2) is 72.9 Å². The first-order valence-electron chi connectivity index (χ1n) is 24.5. The molecule has 0 aliphatic rings. The Bertz CT molecular complexity index is 1230. The number of hydrogen-bond acceptors (Lipinski definition) is 6. The molecule has 0 fully saturated rings. The maximum absolute atomic E-state index is 12.8. The average Bonchev–Trinajstić information content (AvgIpc) is 3.22. The van der Waals surface area contributed by atoms with E-state index >= 15 is 0 Å². The molecule has 0 bridgehead atoms. The summed E-state index contributed by atoms with van der Waals surface area (Å²) in [5.41, 5.74) is 0. The SMILES string of the molecule is CC/C=C/C/C=C/C/C=C/C/C=C/C/C=C/CCC(=O)OCC(COCCC(C(=O)O)[N+](C)(C)C)OC(=O)CCCCCCCCC/C=C/CCCCCCCCCCCC. The van der Waals surface area contributed by atoms with Crippen molar-refractivity contribution >= 4 is 17.9 Å². The lowest BCUT2D eigenvalue weighted by molar-refractivity contribution is -0.887. The van der Waals surface area contributed by atoms with E-state index < -0.39 is 18.1 Å². The number of carbonyl (C=O) groups excluding carboxylic acids is 2. The molecule has 0 aromatic heterocycles. The van der Waals surface area contributed by atoms with E-state index in [2.05, 4.69) is 74.6 Å². The first kappa shape index (κ1) is 57.8. The zero-order valence-electron chi connectivity index (χ0n) is 39.8. The van der Waals surface area contributed by atoms with Gasteiger partial charge in [0.05, 0.1) is 34.4 Å². The summed E-state index contributed by atoms with van der Waals surface area (Å²) in [6.45, 7) is 4.54. The Balaban J connectivity index is 4.36. The van der Waals surface area contributed by atoms with Crippen LogP contribution < -0.4 is 0 Å². The van der Waals surface area contributed by atoms with Crippen LogP contribution in [0, 0.1) is 0 Å². The molecule has 61 heavy (non-hydrogen) atoms. The zero-order chi connectivity index (χ0) is 44.9. The van der Waals surface area contributed by atoms with Crippen LogP contribution in [-0.2, 0) is 28.6 Å². The Morgan fingerprint density at radius 2 is 0.951 bits per heavy atom. The van der Waals surface area contributed by atoms with Gasteiger partial charge in [-0.1, -0.05) is 177 Å². The molecule has 8 nitrogen and oxygen atoms in total. The van der Waals surface area contributed by atoms with Gasteiger partial charge in [0.25, 0.3) is 0 Å². The van der Waals surface area contributed by atoms with Gasteiger partial charge in [0.2, 0.25) is 0 Å². The van der Waals surface area contributed by atoms with Gasteiger partial charge in [-0.3, -0.25) is 9.59 Å². The van der Waals surface area contributed by atoms with Gasteiger partial charge in [0.1, 0.15) is 6.61 Å². The lowest BCUT2D eigenvalue weighted by atomic mass is 10.1. The summed E-state index contributed by atoms with van der Waals surface area (Å²) in [6, 6.07) is -0.629. The number of quaternary nitrogens is 1. The normalized spacial score (nSPS) is 13.5. The molecule has 0 heterocycles. The lowest BCUT2D eigenvalue weighted by Gasteiger charge is -2.31. The highest BCUT2D eigenvalue weighted by atomic mass is 16.6. The second-order valence-electron chi connectivity index (χ2n) is 17.3. The number of likely N-dealkylation sites (N-methyl/N-ethyl adjacent to an activating group) is 1. The monoisotopic (exact) mass is 855 g/mol. The maximum Gasteiger partial charge on any atom is 0.362 e. The molecule has 0 spiro atoms. The molecule has 0 aromatic carbocycles. The van der Waals surface area contributed by atoms with E-state index in [0.29, 0.717) is 19.3 Å². The van der Waals surface area contributed by atoms with E-state index in [1.165, 1.54) is 103 Å². The highest BCUT2D eigenvalue weighted by molar-refractivity contribution is 5.72. The van der Waals surface area contributed by atoms with Gasteiger partial charge in [-0.05, 0) is 70.6 Å². The number of carbonyl (C=O) groups is 3. The van der Waals surface area contributed by atoms with Crippen LogP contribution in [0.4, 0.5) is 0 Å². The van der Waals surface area contributed by atoms with Crippen LogP contribution in [-0.4, -0.2) is 80.6 Å². The fourth-order valence-electron chi connectivity index (χ4n) is 6.84. The average molecular weight is 855 g/mol. The maximum atomic E-state index is 12.8. The van der Waals surface area contributed by atoms with Crippen molar-refractivity contribution in [3.05, 3.63) is 72.9 Å². The molecule has 0 rings (SSSR count). The summed E-state index contributed by atoms with van der Waals surface area (Å²) in [5, 5.41) is 9.64. The number of carboxylic acids is 1. The van der Waals surface area contributed by atoms with Crippen LogP contribution in [0.5, 0.6) is 0 Å². The predicted molar refractivity (Wildman–Crippen MR) is 257 cm³/mol. The van der Waals surface area contributed by atoms with E-state index in [1.54, 1.807) is 0 Å².